The highest BCUT2D eigenvalue weighted by Gasteiger charge is 2.23. The summed E-state index contributed by atoms with van der Waals surface area (Å²) in [5.41, 5.74) is 4.65. The predicted molar refractivity (Wildman–Crippen MR) is 115 cm³/mol. The maximum atomic E-state index is 12.0. The number of esters is 1. The van der Waals surface area contributed by atoms with Gasteiger partial charge in [-0.05, 0) is 62.8 Å². The van der Waals surface area contributed by atoms with Crippen molar-refractivity contribution in [1.82, 2.24) is 0 Å². The number of methoxy groups -OCH3 is 1. The van der Waals surface area contributed by atoms with Gasteiger partial charge in [-0.15, -0.1) is 6.42 Å². The van der Waals surface area contributed by atoms with Gasteiger partial charge in [0, 0.05) is 5.60 Å². The van der Waals surface area contributed by atoms with Gasteiger partial charge in [0.15, 0.2) is 0 Å². The molecule has 0 aromatic heterocycles. The van der Waals surface area contributed by atoms with E-state index in [-0.39, 0.29) is 11.2 Å². The maximum Gasteiger partial charge on any atom is 0.346 e. The second-order valence-corrected chi connectivity index (χ2v) is 7.41. The van der Waals surface area contributed by atoms with Crippen LogP contribution in [-0.2, 0) is 14.2 Å². The van der Waals surface area contributed by atoms with E-state index in [9.17, 15) is 4.79 Å². The van der Waals surface area contributed by atoms with Crippen molar-refractivity contribution in [2.75, 3.05) is 7.11 Å². The quantitative estimate of drug-likeness (QED) is 0.311. The Hall–Kier alpha value is -2.25. The van der Waals surface area contributed by atoms with Crippen LogP contribution in [0.5, 0.6) is 0 Å². The van der Waals surface area contributed by atoms with Crippen LogP contribution in [0.4, 0.5) is 0 Å². The highest BCUT2D eigenvalue weighted by molar-refractivity contribution is 6.47. The van der Waals surface area contributed by atoms with Crippen LogP contribution in [-0.4, -0.2) is 26.2 Å². The first-order valence-corrected chi connectivity index (χ1v) is 9.13. The highest BCUT2D eigenvalue weighted by atomic mass is 16.5. The molecule has 0 atom stereocenters. The van der Waals surface area contributed by atoms with Gasteiger partial charge in [-0.3, -0.25) is 0 Å². The summed E-state index contributed by atoms with van der Waals surface area (Å²) in [6.45, 7) is 14.3. The Bertz CT molecular complexity index is 792. The Labute approximate surface area is 165 Å². The van der Waals surface area contributed by atoms with Gasteiger partial charge < -0.3 is 9.39 Å². The lowest BCUT2D eigenvalue weighted by Gasteiger charge is -2.30. The van der Waals surface area contributed by atoms with Gasteiger partial charge in [0.1, 0.15) is 5.57 Å². The van der Waals surface area contributed by atoms with Gasteiger partial charge in [-0.2, -0.15) is 0 Å². The molecular formula is C23H30BO3. The lowest BCUT2D eigenvalue weighted by Crippen LogP contribution is -2.36. The van der Waals surface area contributed by atoms with Crippen LogP contribution in [0.15, 0.2) is 29.8 Å². The molecule has 0 aliphatic rings. The van der Waals surface area contributed by atoms with E-state index in [1.807, 2.05) is 39.0 Å². The number of ether oxygens (including phenoxy) is 1. The number of carbonyl (C=O) groups excluding carboxylic acids is 1. The number of allylic oxidation sites excluding steroid dienone is 3. The smallest absolute Gasteiger partial charge is 0.346 e. The van der Waals surface area contributed by atoms with Gasteiger partial charge >= 0.3 is 13.5 Å². The highest BCUT2D eigenvalue weighted by Crippen LogP contribution is 2.27. The number of benzene rings is 1. The van der Waals surface area contributed by atoms with Gasteiger partial charge in [-0.1, -0.05) is 49.5 Å². The minimum absolute atomic E-state index is 0.233. The van der Waals surface area contributed by atoms with E-state index in [0.29, 0.717) is 5.92 Å². The first-order valence-electron chi connectivity index (χ1n) is 9.13. The molecule has 0 spiro atoms. The average molecular weight is 365 g/mol. The van der Waals surface area contributed by atoms with E-state index in [0.717, 1.165) is 27.7 Å². The molecule has 0 saturated heterocycles. The summed E-state index contributed by atoms with van der Waals surface area (Å²) in [7, 11) is 3.12. The fraction of sp³-hybridized carbons (Fsp3) is 0.435. The monoisotopic (exact) mass is 365 g/mol. The largest absolute Gasteiger partial charge is 0.465 e. The summed E-state index contributed by atoms with van der Waals surface area (Å²) in [6, 6.07) is 5.98. The van der Waals surface area contributed by atoms with Crippen molar-refractivity contribution in [2.24, 2.45) is 5.92 Å². The molecule has 1 aromatic rings. The van der Waals surface area contributed by atoms with Gasteiger partial charge in [-0.25, -0.2) is 4.79 Å². The molecule has 0 bridgehead atoms. The van der Waals surface area contributed by atoms with Crippen molar-refractivity contribution in [3.05, 3.63) is 41.0 Å². The second kappa shape index (κ2) is 9.62. The predicted octanol–water partition coefficient (Wildman–Crippen LogP) is 4.39. The topological polar surface area (TPSA) is 35.5 Å². The SMILES string of the molecule is C#C/C(C(=O)OC)=C(/C)c1ccc([B]OC(C)(C)C(C)C)cc1/C(C)=C\C. The van der Waals surface area contributed by atoms with E-state index in [4.69, 9.17) is 15.8 Å². The Balaban J connectivity index is 3.39. The fourth-order valence-corrected chi connectivity index (χ4v) is 2.36. The second-order valence-electron chi connectivity index (χ2n) is 7.41. The summed E-state index contributed by atoms with van der Waals surface area (Å²) in [5.74, 6) is 2.34. The molecule has 1 rings (SSSR count). The van der Waals surface area contributed by atoms with Crippen molar-refractivity contribution >= 4 is 30.1 Å². The van der Waals surface area contributed by atoms with E-state index >= 15 is 0 Å². The third-order valence-corrected chi connectivity index (χ3v) is 5.10. The summed E-state index contributed by atoms with van der Waals surface area (Å²) in [4.78, 5) is 12.0. The van der Waals surface area contributed by atoms with Crippen LogP contribution in [0.25, 0.3) is 11.1 Å². The first-order chi connectivity index (χ1) is 12.6. The van der Waals surface area contributed by atoms with Gasteiger partial charge in [0.2, 0.25) is 0 Å². The van der Waals surface area contributed by atoms with Crippen molar-refractivity contribution in [2.45, 2.75) is 54.1 Å². The molecule has 27 heavy (non-hydrogen) atoms. The molecular weight excluding hydrogens is 335 g/mol. The third kappa shape index (κ3) is 5.61. The molecule has 0 fully saturated rings. The van der Waals surface area contributed by atoms with E-state index in [2.05, 4.69) is 39.7 Å². The maximum absolute atomic E-state index is 12.0. The van der Waals surface area contributed by atoms with Crippen molar-refractivity contribution in [1.29, 1.82) is 0 Å². The van der Waals surface area contributed by atoms with Crippen molar-refractivity contribution < 1.29 is 14.2 Å². The summed E-state index contributed by atoms with van der Waals surface area (Å²) < 4.78 is 10.8. The average Bonchev–Trinajstić information content (AvgIpc) is 2.65. The normalized spacial score (nSPS) is 13.1. The van der Waals surface area contributed by atoms with Crippen molar-refractivity contribution in [3.63, 3.8) is 0 Å². The molecule has 1 radical (unpaired) electrons. The number of hydrogen-bond acceptors (Lipinski definition) is 3. The Morgan fingerprint density at radius 3 is 2.37 bits per heavy atom. The summed E-state index contributed by atoms with van der Waals surface area (Å²) in [6.07, 6.45) is 7.58. The Kier molecular flexibility index (Phi) is 8.12. The Morgan fingerprint density at radius 2 is 1.89 bits per heavy atom. The van der Waals surface area contributed by atoms with E-state index in [1.165, 1.54) is 7.11 Å². The number of carbonyl (C=O) groups is 1. The zero-order valence-corrected chi connectivity index (χ0v) is 17.8. The first kappa shape index (κ1) is 22.8. The number of hydrogen-bond donors (Lipinski definition) is 0. The lowest BCUT2D eigenvalue weighted by molar-refractivity contribution is -0.135. The van der Waals surface area contributed by atoms with Crippen LogP contribution in [0, 0.1) is 18.3 Å². The molecule has 3 nitrogen and oxygen atoms in total. The molecule has 4 heteroatoms. The molecule has 143 valence electrons. The molecule has 0 aliphatic heterocycles. The molecule has 0 aliphatic carbocycles. The zero-order chi connectivity index (χ0) is 20.8. The van der Waals surface area contributed by atoms with Crippen LogP contribution in [0.2, 0.25) is 0 Å². The molecule has 1 aromatic carbocycles. The van der Waals surface area contributed by atoms with Gasteiger partial charge in [0.25, 0.3) is 0 Å². The third-order valence-electron chi connectivity index (χ3n) is 5.10. The zero-order valence-electron chi connectivity index (χ0n) is 17.8. The molecule has 0 heterocycles. The van der Waals surface area contributed by atoms with E-state index in [1.54, 1.807) is 7.48 Å². The standard InChI is InChI=1S/C23H30BO3/c1-10-16(5)21-14-18(24-27-23(7,8)15(3)4)12-13-20(21)17(6)19(11-2)22(25)26-9/h2,10,12-15H,1,3-9H3/b16-10-,19-17+. The number of terminal acetylenes is 1. The van der Waals surface area contributed by atoms with Crippen LogP contribution >= 0.6 is 0 Å². The molecule has 0 N–H and O–H groups in total. The Morgan fingerprint density at radius 1 is 1.26 bits per heavy atom. The van der Waals surface area contributed by atoms with Crippen LogP contribution < -0.4 is 5.46 Å². The van der Waals surface area contributed by atoms with E-state index < -0.39 is 5.97 Å². The van der Waals surface area contributed by atoms with Crippen LogP contribution in [0.3, 0.4) is 0 Å². The van der Waals surface area contributed by atoms with Gasteiger partial charge in [0.05, 0.1) is 7.11 Å². The van der Waals surface area contributed by atoms with Crippen LogP contribution in [0.1, 0.15) is 59.6 Å². The minimum atomic E-state index is -0.503. The lowest BCUT2D eigenvalue weighted by atomic mass is 9.80. The summed E-state index contributed by atoms with van der Waals surface area (Å²) >= 11 is 0. The minimum Gasteiger partial charge on any atom is -0.465 e. The molecule has 0 amide bonds. The number of rotatable bonds is 7. The molecule has 0 saturated carbocycles. The fourth-order valence-electron chi connectivity index (χ4n) is 2.36. The van der Waals surface area contributed by atoms with Crippen molar-refractivity contribution in [3.8, 4) is 12.3 Å². The molecule has 0 unspecified atom stereocenters. The summed E-state index contributed by atoms with van der Waals surface area (Å²) in [5, 5.41) is 0.